The molecule has 0 heterocycles. The van der Waals surface area contributed by atoms with Crippen molar-refractivity contribution in [1.29, 1.82) is 0 Å². The van der Waals surface area contributed by atoms with E-state index in [9.17, 15) is 0 Å². The molecule has 0 saturated carbocycles. The number of hydrogen-bond donors (Lipinski definition) is 0. The van der Waals surface area contributed by atoms with E-state index in [1.165, 1.54) is 0 Å². The first-order chi connectivity index (χ1) is 8.78. The lowest BCUT2D eigenvalue weighted by Gasteiger charge is -2.06. The molecule has 0 aliphatic heterocycles. The van der Waals surface area contributed by atoms with Crippen molar-refractivity contribution in [2.24, 2.45) is 0 Å². The number of hydrogen-bond acceptors (Lipinski definition) is 1. The van der Waals surface area contributed by atoms with Gasteiger partial charge in [-0.15, -0.1) is 11.6 Å². The summed E-state index contributed by atoms with van der Waals surface area (Å²) in [5.74, 6) is 2.22. The van der Waals surface area contributed by atoms with Gasteiger partial charge in [0, 0.05) is 5.88 Å². The second kappa shape index (κ2) is 6.27. The lowest BCUT2D eigenvalue weighted by molar-refractivity contribution is 0.482. The van der Waals surface area contributed by atoms with Crippen LogP contribution in [0.25, 0.3) is 6.08 Å². The maximum Gasteiger partial charge on any atom is 0.128 e. The van der Waals surface area contributed by atoms with Crippen molar-refractivity contribution in [3.63, 3.8) is 0 Å². The van der Waals surface area contributed by atoms with E-state index >= 15 is 0 Å². The van der Waals surface area contributed by atoms with Gasteiger partial charge >= 0.3 is 0 Å². The van der Waals surface area contributed by atoms with Crippen LogP contribution in [0.5, 0.6) is 11.5 Å². The average Bonchev–Trinajstić information content (AvgIpc) is 2.40. The number of allylic oxidation sites excluding steroid dienone is 1. The van der Waals surface area contributed by atoms with Crippen LogP contribution in [-0.2, 0) is 0 Å². The maximum absolute atomic E-state index is 5.77. The lowest BCUT2D eigenvalue weighted by Crippen LogP contribution is -1.85. The smallest absolute Gasteiger partial charge is 0.128 e. The monoisotopic (exact) mass is 258 g/mol. The minimum absolute atomic E-state index is 0.545. The van der Waals surface area contributed by atoms with Crippen LogP contribution in [0.1, 0.15) is 12.5 Å². The Morgan fingerprint density at radius 2 is 1.78 bits per heavy atom. The standard InChI is InChI=1S/C16H15ClO/c1-13(12-17)10-14-6-5-9-16(11-14)18-15-7-3-2-4-8-15/h2-11H,12H2,1H3. The van der Waals surface area contributed by atoms with Crippen LogP contribution in [0.2, 0.25) is 0 Å². The third-order valence-corrected chi connectivity index (χ3v) is 2.88. The largest absolute Gasteiger partial charge is 0.457 e. The molecule has 0 aliphatic carbocycles. The Bertz CT molecular complexity index is 532. The zero-order chi connectivity index (χ0) is 12.8. The molecule has 18 heavy (non-hydrogen) atoms. The molecular formula is C16H15ClO. The highest BCUT2D eigenvalue weighted by molar-refractivity contribution is 6.19. The third kappa shape index (κ3) is 3.64. The van der Waals surface area contributed by atoms with Crippen molar-refractivity contribution in [3.8, 4) is 11.5 Å². The van der Waals surface area contributed by atoms with E-state index in [-0.39, 0.29) is 0 Å². The first-order valence-electron chi connectivity index (χ1n) is 5.84. The molecule has 0 saturated heterocycles. The topological polar surface area (TPSA) is 9.23 Å². The summed E-state index contributed by atoms with van der Waals surface area (Å²) >= 11 is 5.77. The normalized spacial score (nSPS) is 11.3. The van der Waals surface area contributed by atoms with Crippen LogP contribution >= 0.6 is 11.6 Å². The first kappa shape index (κ1) is 12.7. The third-order valence-electron chi connectivity index (χ3n) is 2.46. The van der Waals surface area contributed by atoms with E-state index in [0.29, 0.717) is 5.88 Å². The van der Waals surface area contributed by atoms with Gasteiger partial charge in [0.1, 0.15) is 11.5 Å². The zero-order valence-electron chi connectivity index (χ0n) is 10.3. The Morgan fingerprint density at radius 1 is 1.06 bits per heavy atom. The number of para-hydroxylation sites is 1. The van der Waals surface area contributed by atoms with E-state index in [4.69, 9.17) is 16.3 Å². The Kier molecular flexibility index (Phi) is 4.43. The maximum atomic E-state index is 5.77. The highest BCUT2D eigenvalue weighted by atomic mass is 35.5. The molecule has 92 valence electrons. The van der Waals surface area contributed by atoms with Gasteiger partial charge in [0.15, 0.2) is 0 Å². The number of ether oxygens (including phenoxy) is 1. The second-order valence-electron chi connectivity index (χ2n) is 4.11. The van der Waals surface area contributed by atoms with Gasteiger partial charge in [-0.1, -0.05) is 42.0 Å². The van der Waals surface area contributed by atoms with Gasteiger partial charge in [0.05, 0.1) is 0 Å². The molecule has 2 rings (SSSR count). The van der Waals surface area contributed by atoms with E-state index in [2.05, 4.69) is 6.08 Å². The summed E-state index contributed by atoms with van der Waals surface area (Å²) in [4.78, 5) is 0. The fraction of sp³-hybridized carbons (Fsp3) is 0.125. The number of halogens is 1. The molecule has 2 aromatic rings. The SMILES string of the molecule is CC(=Cc1cccc(Oc2ccccc2)c1)CCl. The Balaban J connectivity index is 2.18. The molecule has 0 spiro atoms. The van der Waals surface area contributed by atoms with Crippen molar-refractivity contribution < 1.29 is 4.74 Å². The fourth-order valence-corrected chi connectivity index (χ4v) is 1.69. The molecule has 0 fully saturated rings. The molecule has 0 aromatic heterocycles. The highest BCUT2D eigenvalue weighted by Crippen LogP contribution is 2.22. The summed E-state index contributed by atoms with van der Waals surface area (Å²) in [6, 6.07) is 17.7. The summed E-state index contributed by atoms with van der Waals surface area (Å²) in [5, 5.41) is 0. The molecule has 2 heteroatoms. The van der Waals surface area contributed by atoms with Crippen molar-refractivity contribution in [2.45, 2.75) is 6.92 Å². The van der Waals surface area contributed by atoms with Crippen LogP contribution in [0.4, 0.5) is 0 Å². The Labute approximate surface area is 113 Å². The van der Waals surface area contributed by atoms with Crippen LogP contribution in [0, 0.1) is 0 Å². The van der Waals surface area contributed by atoms with E-state index < -0.39 is 0 Å². The van der Waals surface area contributed by atoms with E-state index in [0.717, 1.165) is 22.6 Å². The molecule has 0 atom stereocenters. The van der Waals surface area contributed by atoms with Crippen molar-refractivity contribution in [1.82, 2.24) is 0 Å². The molecule has 1 nitrogen and oxygen atoms in total. The molecule has 0 amide bonds. The van der Waals surface area contributed by atoms with E-state index in [1.54, 1.807) is 0 Å². The van der Waals surface area contributed by atoms with Gasteiger partial charge in [-0.2, -0.15) is 0 Å². The summed E-state index contributed by atoms with van der Waals surface area (Å²) in [6.45, 7) is 2.01. The van der Waals surface area contributed by atoms with E-state index in [1.807, 2.05) is 61.5 Å². The van der Waals surface area contributed by atoms with Gasteiger partial charge in [-0.3, -0.25) is 0 Å². The van der Waals surface area contributed by atoms with Crippen LogP contribution in [0.15, 0.2) is 60.2 Å². The second-order valence-corrected chi connectivity index (χ2v) is 4.38. The Hall–Kier alpha value is -1.73. The Morgan fingerprint density at radius 3 is 2.50 bits per heavy atom. The quantitative estimate of drug-likeness (QED) is 0.692. The molecule has 0 unspecified atom stereocenters. The van der Waals surface area contributed by atoms with Gasteiger partial charge < -0.3 is 4.74 Å². The fourth-order valence-electron chi connectivity index (χ4n) is 1.62. The first-order valence-corrected chi connectivity index (χ1v) is 6.37. The summed E-state index contributed by atoms with van der Waals surface area (Å²) in [5.41, 5.74) is 2.23. The van der Waals surface area contributed by atoms with Crippen molar-refractivity contribution in [3.05, 3.63) is 65.7 Å². The summed E-state index contributed by atoms with van der Waals surface area (Å²) in [6.07, 6.45) is 2.06. The molecule has 2 aromatic carbocycles. The summed E-state index contributed by atoms with van der Waals surface area (Å²) in [7, 11) is 0. The van der Waals surface area contributed by atoms with Gasteiger partial charge in [0.2, 0.25) is 0 Å². The number of benzene rings is 2. The zero-order valence-corrected chi connectivity index (χ0v) is 11.0. The minimum atomic E-state index is 0.545. The predicted molar refractivity (Wildman–Crippen MR) is 77.3 cm³/mol. The summed E-state index contributed by atoms with van der Waals surface area (Å²) < 4.78 is 5.77. The van der Waals surface area contributed by atoms with Gasteiger partial charge in [-0.25, -0.2) is 0 Å². The van der Waals surface area contributed by atoms with Crippen molar-refractivity contribution in [2.75, 3.05) is 5.88 Å². The molecular weight excluding hydrogens is 244 g/mol. The molecule has 0 radical (unpaired) electrons. The van der Waals surface area contributed by atoms with Crippen LogP contribution in [-0.4, -0.2) is 5.88 Å². The van der Waals surface area contributed by atoms with Crippen LogP contribution in [0.3, 0.4) is 0 Å². The molecule has 0 aliphatic rings. The average molecular weight is 259 g/mol. The number of rotatable bonds is 4. The lowest BCUT2D eigenvalue weighted by atomic mass is 10.1. The number of alkyl halides is 1. The molecule has 0 N–H and O–H groups in total. The van der Waals surface area contributed by atoms with Gasteiger partial charge in [-0.05, 0) is 36.8 Å². The minimum Gasteiger partial charge on any atom is -0.457 e. The molecule has 0 bridgehead atoms. The highest BCUT2D eigenvalue weighted by Gasteiger charge is 1.97. The predicted octanol–water partition coefficient (Wildman–Crippen LogP) is 5.12. The van der Waals surface area contributed by atoms with Crippen LogP contribution < -0.4 is 4.74 Å². The van der Waals surface area contributed by atoms with Gasteiger partial charge in [0.25, 0.3) is 0 Å². The van der Waals surface area contributed by atoms with Crippen molar-refractivity contribution >= 4 is 17.7 Å².